The van der Waals surface area contributed by atoms with Crippen molar-refractivity contribution in [2.24, 2.45) is 0 Å². The van der Waals surface area contributed by atoms with Gasteiger partial charge in [0.05, 0.1) is 22.3 Å². The van der Waals surface area contributed by atoms with E-state index in [1.165, 1.54) is 16.9 Å². The number of halogens is 1. The number of nitrogens with one attached hydrogen (secondary N) is 1. The third kappa shape index (κ3) is 5.80. The highest BCUT2D eigenvalue weighted by atomic mass is 79.9. The lowest BCUT2D eigenvalue weighted by molar-refractivity contribution is -0.131. The van der Waals surface area contributed by atoms with E-state index in [9.17, 15) is 9.59 Å². The van der Waals surface area contributed by atoms with Crippen LogP contribution in [0.5, 0.6) is 5.75 Å². The summed E-state index contributed by atoms with van der Waals surface area (Å²) in [5.74, 6) is 0.635. The molecule has 3 rings (SSSR count). The summed E-state index contributed by atoms with van der Waals surface area (Å²) in [4.78, 5) is 29.2. The molecule has 1 aliphatic heterocycles. The van der Waals surface area contributed by atoms with Crippen LogP contribution in [0.4, 0.5) is 0 Å². The van der Waals surface area contributed by atoms with Crippen LogP contribution in [0.25, 0.3) is 0 Å². The van der Waals surface area contributed by atoms with Crippen LogP contribution in [0.2, 0.25) is 0 Å². The van der Waals surface area contributed by atoms with Crippen molar-refractivity contribution in [3.63, 3.8) is 0 Å². The van der Waals surface area contributed by atoms with Gasteiger partial charge in [0, 0.05) is 32.7 Å². The Balaban J connectivity index is 1.37. The molecule has 0 aliphatic carbocycles. The average molecular weight is 466 g/mol. The van der Waals surface area contributed by atoms with Gasteiger partial charge in [0.25, 0.3) is 5.91 Å². The summed E-state index contributed by atoms with van der Waals surface area (Å²) in [6.45, 7) is 4.11. The standard InChI is InChI=1S/C20H24BrN3O3S/c1-27-16-4-2-15(3-5-16)8-9-23-10-12-24(13-11-23)19(25)14-22-20(26)17-6-7-18(21)28-17/h2-7H,8-14H2,1H3,(H,22,26). The topological polar surface area (TPSA) is 61.9 Å². The van der Waals surface area contributed by atoms with Crippen LogP contribution >= 0.6 is 27.3 Å². The highest BCUT2D eigenvalue weighted by molar-refractivity contribution is 9.11. The third-order valence-corrected chi connectivity index (χ3v) is 6.42. The lowest BCUT2D eigenvalue weighted by Gasteiger charge is -2.34. The minimum atomic E-state index is -0.206. The molecule has 1 fully saturated rings. The van der Waals surface area contributed by atoms with Gasteiger partial charge in [-0.15, -0.1) is 11.3 Å². The Morgan fingerprint density at radius 2 is 1.82 bits per heavy atom. The van der Waals surface area contributed by atoms with Crippen molar-refractivity contribution in [1.82, 2.24) is 15.1 Å². The molecule has 1 aromatic carbocycles. The molecule has 1 N–H and O–H groups in total. The van der Waals surface area contributed by atoms with Crippen molar-refractivity contribution >= 4 is 39.1 Å². The van der Waals surface area contributed by atoms with Crippen molar-refractivity contribution in [3.05, 3.63) is 50.6 Å². The molecule has 0 radical (unpaired) electrons. The smallest absolute Gasteiger partial charge is 0.261 e. The molecule has 2 amide bonds. The van der Waals surface area contributed by atoms with Gasteiger partial charge >= 0.3 is 0 Å². The van der Waals surface area contributed by atoms with Crippen LogP contribution in [0, 0.1) is 0 Å². The lowest BCUT2D eigenvalue weighted by atomic mass is 10.1. The zero-order valence-corrected chi connectivity index (χ0v) is 18.2. The van der Waals surface area contributed by atoms with E-state index in [4.69, 9.17) is 4.74 Å². The summed E-state index contributed by atoms with van der Waals surface area (Å²) in [6, 6.07) is 11.7. The minimum absolute atomic E-state index is 0.0289. The number of piperazine rings is 1. The van der Waals surface area contributed by atoms with E-state index >= 15 is 0 Å². The molecule has 28 heavy (non-hydrogen) atoms. The normalized spacial score (nSPS) is 14.7. The molecule has 8 heteroatoms. The van der Waals surface area contributed by atoms with E-state index in [1.54, 1.807) is 13.2 Å². The Morgan fingerprint density at radius 1 is 1.11 bits per heavy atom. The van der Waals surface area contributed by atoms with Crippen LogP contribution in [0.1, 0.15) is 15.2 Å². The second-order valence-electron chi connectivity index (χ2n) is 6.61. The molecule has 0 spiro atoms. The second kappa shape index (κ2) is 10.0. The van der Waals surface area contributed by atoms with Gasteiger partial charge in [-0.2, -0.15) is 0 Å². The molecule has 0 unspecified atom stereocenters. The number of carbonyl (C=O) groups excluding carboxylic acids is 2. The first-order chi connectivity index (χ1) is 13.5. The van der Waals surface area contributed by atoms with Crippen LogP contribution < -0.4 is 10.1 Å². The molecule has 1 aliphatic rings. The average Bonchev–Trinajstić information content (AvgIpc) is 3.17. The Kier molecular flexibility index (Phi) is 7.47. The van der Waals surface area contributed by atoms with E-state index in [0.717, 1.165) is 35.6 Å². The molecule has 1 aromatic heterocycles. The molecule has 0 atom stereocenters. The van der Waals surface area contributed by atoms with E-state index in [0.29, 0.717) is 18.0 Å². The van der Waals surface area contributed by atoms with Crippen molar-refractivity contribution in [3.8, 4) is 5.75 Å². The molecule has 150 valence electrons. The first-order valence-corrected chi connectivity index (χ1v) is 10.8. The van der Waals surface area contributed by atoms with Gasteiger partial charge in [-0.25, -0.2) is 0 Å². The number of nitrogens with zero attached hydrogens (tertiary/aromatic N) is 2. The highest BCUT2D eigenvalue weighted by Crippen LogP contribution is 2.21. The number of thiophene rings is 1. The number of rotatable bonds is 7. The van der Waals surface area contributed by atoms with Gasteiger partial charge in [-0.3, -0.25) is 14.5 Å². The zero-order valence-electron chi connectivity index (χ0n) is 15.8. The molecular weight excluding hydrogens is 442 g/mol. The molecule has 0 bridgehead atoms. The number of carbonyl (C=O) groups is 2. The fraction of sp³-hybridized carbons (Fsp3) is 0.400. The summed E-state index contributed by atoms with van der Waals surface area (Å²) < 4.78 is 6.08. The number of methoxy groups -OCH3 is 1. The van der Waals surface area contributed by atoms with Gasteiger partial charge in [0.15, 0.2) is 0 Å². The summed E-state index contributed by atoms with van der Waals surface area (Å²) in [5, 5.41) is 2.71. The van der Waals surface area contributed by atoms with Gasteiger partial charge < -0.3 is 15.0 Å². The Morgan fingerprint density at radius 3 is 2.43 bits per heavy atom. The predicted molar refractivity (Wildman–Crippen MR) is 114 cm³/mol. The van der Waals surface area contributed by atoms with E-state index in [1.807, 2.05) is 23.1 Å². The van der Waals surface area contributed by atoms with Crippen molar-refractivity contribution in [2.45, 2.75) is 6.42 Å². The second-order valence-corrected chi connectivity index (χ2v) is 9.07. The zero-order chi connectivity index (χ0) is 19.9. The minimum Gasteiger partial charge on any atom is -0.497 e. The fourth-order valence-corrected chi connectivity index (χ4v) is 4.39. The molecule has 2 heterocycles. The monoisotopic (exact) mass is 465 g/mol. The Hall–Kier alpha value is -1.90. The summed E-state index contributed by atoms with van der Waals surface area (Å²) in [7, 11) is 1.67. The summed E-state index contributed by atoms with van der Waals surface area (Å²) in [5.41, 5.74) is 1.28. The van der Waals surface area contributed by atoms with Crippen LogP contribution in [-0.4, -0.2) is 68.0 Å². The lowest BCUT2D eigenvalue weighted by Crippen LogP contribution is -2.51. The Labute approximate surface area is 177 Å². The molecule has 1 saturated heterocycles. The SMILES string of the molecule is COc1ccc(CCN2CCN(C(=O)CNC(=O)c3ccc(Br)s3)CC2)cc1. The third-order valence-electron chi connectivity index (χ3n) is 4.80. The number of hydrogen-bond donors (Lipinski definition) is 1. The summed E-state index contributed by atoms with van der Waals surface area (Å²) >= 11 is 4.69. The largest absolute Gasteiger partial charge is 0.497 e. The molecule has 0 saturated carbocycles. The van der Waals surface area contributed by atoms with E-state index in [-0.39, 0.29) is 18.4 Å². The molecular formula is C20H24BrN3O3S. The maximum absolute atomic E-state index is 12.4. The maximum atomic E-state index is 12.4. The quantitative estimate of drug-likeness (QED) is 0.682. The first-order valence-electron chi connectivity index (χ1n) is 9.22. The van der Waals surface area contributed by atoms with Gasteiger partial charge in [0.1, 0.15) is 5.75 Å². The van der Waals surface area contributed by atoms with Gasteiger partial charge in [0.2, 0.25) is 5.91 Å². The maximum Gasteiger partial charge on any atom is 0.261 e. The van der Waals surface area contributed by atoms with Crippen molar-refractivity contribution in [2.75, 3.05) is 46.4 Å². The van der Waals surface area contributed by atoms with Crippen LogP contribution in [-0.2, 0) is 11.2 Å². The van der Waals surface area contributed by atoms with Gasteiger partial charge in [-0.1, -0.05) is 12.1 Å². The van der Waals surface area contributed by atoms with Gasteiger partial charge in [-0.05, 0) is 52.2 Å². The van der Waals surface area contributed by atoms with Crippen molar-refractivity contribution < 1.29 is 14.3 Å². The van der Waals surface area contributed by atoms with Crippen LogP contribution in [0.3, 0.4) is 0 Å². The molecule has 2 aromatic rings. The van der Waals surface area contributed by atoms with Crippen LogP contribution in [0.15, 0.2) is 40.2 Å². The highest BCUT2D eigenvalue weighted by Gasteiger charge is 2.21. The van der Waals surface area contributed by atoms with E-state index in [2.05, 4.69) is 38.3 Å². The molecule has 6 nitrogen and oxygen atoms in total. The number of ether oxygens (including phenoxy) is 1. The fourth-order valence-electron chi connectivity index (χ4n) is 3.09. The van der Waals surface area contributed by atoms with Crippen molar-refractivity contribution in [1.29, 1.82) is 0 Å². The first kappa shape index (κ1) is 20.8. The Bertz CT molecular complexity index is 801. The number of benzene rings is 1. The predicted octanol–water partition coefficient (Wildman–Crippen LogP) is 2.64. The number of amides is 2. The van der Waals surface area contributed by atoms with E-state index < -0.39 is 0 Å². The number of hydrogen-bond acceptors (Lipinski definition) is 5. The summed E-state index contributed by atoms with van der Waals surface area (Å²) in [6.07, 6.45) is 0.977.